The zero-order valence-electron chi connectivity index (χ0n) is 13.8. The van der Waals surface area contributed by atoms with Crippen molar-refractivity contribution >= 4 is 17.7 Å². The minimum absolute atomic E-state index is 0.199. The normalized spacial score (nSPS) is 11.7. The lowest BCUT2D eigenvalue weighted by atomic mass is 9.94. The van der Waals surface area contributed by atoms with E-state index in [1.807, 2.05) is 0 Å². The highest BCUT2D eigenvalue weighted by atomic mass is 16.7. The molecule has 6 nitrogen and oxygen atoms in total. The summed E-state index contributed by atoms with van der Waals surface area (Å²) >= 11 is 0. The number of hydrogen-bond donors (Lipinski definition) is 1. The van der Waals surface area contributed by atoms with Crippen LogP contribution in [0.1, 0.15) is 45.1 Å². The van der Waals surface area contributed by atoms with Crippen LogP contribution in [-0.2, 0) is 9.63 Å². The monoisotopic (exact) mass is 308 g/mol. The summed E-state index contributed by atoms with van der Waals surface area (Å²) in [6.07, 6.45) is 1.43. The molecular weight excluding hydrogens is 284 g/mol. The lowest BCUT2D eigenvalue weighted by Crippen LogP contribution is -2.28. The van der Waals surface area contributed by atoms with Crippen molar-refractivity contribution in [2.45, 2.75) is 39.5 Å². The Bertz CT molecular complexity index is 531. The van der Waals surface area contributed by atoms with Crippen LogP contribution in [0.3, 0.4) is 0 Å². The van der Waals surface area contributed by atoms with Gasteiger partial charge in [0.2, 0.25) is 5.91 Å². The van der Waals surface area contributed by atoms with Crippen molar-refractivity contribution < 1.29 is 19.2 Å². The number of benzene rings is 1. The first-order valence-corrected chi connectivity index (χ1v) is 7.32. The molecule has 1 aromatic carbocycles. The van der Waals surface area contributed by atoms with Gasteiger partial charge >= 0.3 is 6.09 Å². The Balaban J connectivity index is 3.25. The van der Waals surface area contributed by atoms with Crippen LogP contribution in [0, 0.1) is 0 Å². The number of nitrogens with one attached hydrogen (secondary N) is 1. The third-order valence-corrected chi connectivity index (χ3v) is 3.35. The van der Waals surface area contributed by atoms with Crippen LogP contribution >= 0.6 is 0 Å². The van der Waals surface area contributed by atoms with E-state index in [9.17, 15) is 9.59 Å². The second-order valence-electron chi connectivity index (χ2n) is 5.05. The van der Waals surface area contributed by atoms with Gasteiger partial charge in [-0.2, -0.15) is 5.06 Å². The average molecular weight is 308 g/mol. The van der Waals surface area contributed by atoms with Gasteiger partial charge in [-0.15, -0.1) is 0 Å². The maximum atomic E-state index is 11.7. The highest BCUT2D eigenvalue weighted by molar-refractivity contribution is 5.90. The third kappa shape index (κ3) is 4.46. The summed E-state index contributed by atoms with van der Waals surface area (Å²) in [5, 5.41) is 3.64. The molecule has 1 rings (SSSR count). The van der Waals surface area contributed by atoms with Gasteiger partial charge in [0.15, 0.2) is 0 Å². The maximum absolute atomic E-state index is 11.7. The van der Waals surface area contributed by atoms with Crippen LogP contribution < -0.4 is 15.1 Å². The Labute approximate surface area is 131 Å². The number of carbonyl (C=O) groups excluding carboxylic acids is 2. The van der Waals surface area contributed by atoms with Gasteiger partial charge < -0.3 is 10.1 Å². The van der Waals surface area contributed by atoms with E-state index in [0.29, 0.717) is 11.4 Å². The summed E-state index contributed by atoms with van der Waals surface area (Å²) in [4.78, 5) is 28.2. The van der Waals surface area contributed by atoms with Crippen molar-refractivity contribution in [3.05, 3.63) is 23.8 Å². The van der Waals surface area contributed by atoms with Gasteiger partial charge in [-0.25, -0.2) is 4.79 Å². The van der Waals surface area contributed by atoms with Crippen LogP contribution in [0.25, 0.3) is 0 Å². The van der Waals surface area contributed by atoms with E-state index in [0.717, 1.165) is 18.4 Å². The van der Waals surface area contributed by atoms with Gasteiger partial charge in [0, 0.05) is 14.0 Å². The number of hydroxylamine groups is 1. The fourth-order valence-electron chi connectivity index (χ4n) is 2.32. The highest BCUT2D eigenvalue weighted by Crippen LogP contribution is 2.34. The molecule has 6 heteroatoms. The van der Waals surface area contributed by atoms with E-state index in [4.69, 9.17) is 9.57 Å². The Morgan fingerprint density at radius 1 is 1.36 bits per heavy atom. The first kappa shape index (κ1) is 18.0. The topological polar surface area (TPSA) is 67.9 Å². The van der Waals surface area contributed by atoms with Gasteiger partial charge in [-0.3, -0.25) is 9.63 Å². The third-order valence-electron chi connectivity index (χ3n) is 3.35. The van der Waals surface area contributed by atoms with E-state index in [1.165, 1.54) is 26.1 Å². The minimum Gasteiger partial charge on any atom is -0.410 e. The number of rotatable bonds is 6. The molecule has 0 aliphatic rings. The molecule has 0 heterocycles. The predicted molar refractivity (Wildman–Crippen MR) is 85.0 cm³/mol. The van der Waals surface area contributed by atoms with E-state index in [-0.39, 0.29) is 11.8 Å². The Hall–Kier alpha value is -2.08. The lowest BCUT2D eigenvalue weighted by Gasteiger charge is -2.24. The van der Waals surface area contributed by atoms with Crippen LogP contribution in [0.5, 0.6) is 5.75 Å². The number of carbonyl (C=O) groups is 2. The second kappa shape index (κ2) is 8.38. The maximum Gasteiger partial charge on any atom is 0.412 e. The molecule has 22 heavy (non-hydrogen) atoms. The van der Waals surface area contributed by atoms with E-state index in [2.05, 4.69) is 19.2 Å². The van der Waals surface area contributed by atoms with Gasteiger partial charge in [0.25, 0.3) is 0 Å². The lowest BCUT2D eigenvalue weighted by molar-refractivity contribution is -0.122. The van der Waals surface area contributed by atoms with E-state index < -0.39 is 6.09 Å². The molecule has 122 valence electrons. The molecule has 0 aliphatic carbocycles. The summed E-state index contributed by atoms with van der Waals surface area (Å²) in [6, 6.07) is 5.15. The Morgan fingerprint density at radius 2 is 2.05 bits per heavy atom. The van der Waals surface area contributed by atoms with Gasteiger partial charge in [0.1, 0.15) is 5.75 Å². The molecule has 0 fully saturated rings. The highest BCUT2D eigenvalue weighted by Gasteiger charge is 2.20. The smallest absolute Gasteiger partial charge is 0.410 e. The van der Waals surface area contributed by atoms with Gasteiger partial charge in [-0.1, -0.05) is 20.3 Å². The minimum atomic E-state index is -0.531. The van der Waals surface area contributed by atoms with Crippen molar-refractivity contribution in [1.82, 2.24) is 5.32 Å². The molecular formula is C16H24N2O4. The first-order valence-electron chi connectivity index (χ1n) is 7.32. The molecule has 2 amide bonds. The Kier molecular flexibility index (Phi) is 6.85. The molecule has 0 radical (unpaired) electrons. The fourth-order valence-corrected chi connectivity index (χ4v) is 2.32. The first-order chi connectivity index (χ1) is 10.4. The molecule has 0 bridgehead atoms. The van der Waals surface area contributed by atoms with E-state index >= 15 is 0 Å². The molecule has 1 N–H and O–H groups in total. The summed E-state index contributed by atoms with van der Waals surface area (Å²) in [5.41, 5.74) is 1.57. The van der Waals surface area contributed by atoms with Crippen LogP contribution in [-0.4, -0.2) is 26.2 Å². The van der Waals surface area contributed by atoms with Crippen molar-refractivity contribution in [1.29, 1.82) is 0 Å². The zero-order chi connectivity index (χ0) is 16.7. The fraction of sp³-hybridized carbons (Fsp3) is 0.500. The SMILES string of the molecule is CCCC(C)c1cc(OC(=O)NC)ccc1N(OC)C(C)=O. The van der Waals surface area contributed by atoms with Crippen molar-refractivity contribution in [3.63, 3.8) is 0 Å². The molecule has 0 spiro atoms. The number of nitrogens with zero attached hydrogens (tertiary/aromatic N) is 1. The molecule has 1 atom stereocenters. The molecule has 0 saturated carbocycles. The molecule has 0 aromatic heterocycles. The molecule has 0 saturated heterocycles. The van der Waals surface area contributed by atoms with E-state index in [1.54, 1.807) is 18.2 Å². The zero-order valence-corrected chi connectivity index (χ0v) is 13.8. The second-order valence-corrected chi connectivity index (χ2v) is 5.05. The van der Waals surface area contributed by atoms with Crippen molar-refractivity contribution in [2.75, 3.05) is 19.2 Å². The molecule has 0 aliphatic heterocycles. The van der Waals surface area contributed by atoms with Gasteiger partial charge in [-0.05, 0) is 36.1 Å². The molecule has 1 unspecified atom stereocenters. The largest absolute Gasteiger partial charge is 0.412 e. The summed E-state index contributed by atoms with van der Waals surface area (Å²) in [6.45, 7) is 5.60. The standard InChI is InChI=1S/C16H24N2O4/c1-6-7-11(2)14-10-13(22-16(20)17-4)8-9-15(14)18(21-5)12(3)19/h8-11H,6-7H2,1-5H3,(H,17,20). The molecule has 1 aromatic rings. The Morgan fingerprint density at radius 3 is 2.55 bits per heavy atom. The van der Waals surface area contributed by atoms with Crippen LogP contribution in [0.2, 0.25) is 0 Å². The summed E-state index contributed by atoms with van der Waals surface area (Å²) < 4.78 is 5.17. The number of hydrogen-bond acceptors (Lipinski definition) is 4. The number of amides is 2. The predicted octanol–water partition coefficient (Wildman–Crippen LogP) is 3.22. The average Bonchev–Trinajstić information content (AvgIpc) is 2.48. The summed E-state index contributed by atoms with van der Waals surface area (Å²) in [7, 11) is 2.95. The quantitative estimate of drug-likeness (QED) is 0.819. The summed E-state index contributed by atoms with van der Waals surface area (Å²) in [5.74, 6) is 0.415. The van der Waals surface area contributed by atoms with Gasteiger partial charge in [0.05, 0.1) is 12.8 Å². The van der Waals surface area contributed by atoms with Crippen molar-refractivity contribution in [3.8, 4) is 5.75 Å². The number of ether oxygens (including phenoxy) is 1. The van der Waals surface area contributed by atoms with Crippen LogP contribution in [0.15, 0.2) is 18.2 Å². The van der Waals surface area contributed by atoms with Crippen LogP contribution in [0.4, 0.5) is 10.5 Å². The number of anilines is 1. The van der Waals surface area contributed by atoms with Crippen molar-refractivity contribution in [2.24, 2.45) is 0 Å².